The van der Waals surface area contributed by atoms with Crippen LogP contribution in [0.1, 0.15) is 22.3 Å². The van der Waals surface area contributed by atoms with E-state index in [4.69, 9.17) is 4.74 Å². The molecule has 1 amide bonds. The smallest absolute Gasteiger partial charge is 0.326 e. The van der Waals surface area contributed by atoms with Crippen molar-refractivity contribution in [1.29, 1.82) is 0 Å². The number of carboxylic acids is 1. The van der Waals surface area contributed by atoms with Crippen molar-refractivity contribution in [3.05, 3.63) is 47.8 Å². The van der Waals surface area contributed by atoms with Crippen molar-refractivity contribution in [3.63, 3.8) is 0 Å². The van der Waals surface area contributed by atoms with Gasteiger partial charge in [-0.3, -0.25) is 4.79 Å². The standard InChI is InChI=1S/C17H19N3O4/c1-11-8-18-20(9-11)13-5-3-12(4-6-13)16(21)19-10-14(24-2)7-15(19)17(22)23/h3-6,8-9,14-15H,7,10H2,1-2H3,(H,22,23). The maximum Gasteiger partial charge on any atom is 0.326 e. The van der Waals surface area contributed by atoms with Crippen LogP contribution in [0.2, 0.25) is 0 Å². The molecule has 0 bridgehead atoms. The second kappa shape index (κ2) is 6.45. The largest absolute Gasteiger partial charge is 0.480 e. The number of aliphatic carboxylic acids is 1. The summed E-state index contributed by atoms with van der Waals surface area (Å²) < 4.78 is 6.94. The lowest BCUT2D eigenvalue weighted by molar-refractivity contribution is -0.141. The van der Waals surface area contributed by atoms with Crippen molar-refractivity contribution < 1.29 is 19.4 Å². The zero-order valence-corrected chi connectivity index (χ0v) is 13.5. The molecule has 2 aromatic rings. The summed E-state index contributed by atoms with van der Waals surface area (Å²) in [4.78, 5) is 25.4. The summed E-state index contributed by atoms with van der Waals surface area (Å²) in [6.45, 7) is 2.24. The lowest BCUT2D eigenvalue weighted by Gasteiger charge is -2.21. The molecule has 2 heterocycles. The van der Waals surface area contributed by atoms with Gasteiger partial charge >= 0.3 is 5.97 Å². The first-order valence-electron chi connectivity index (χ1n) is 7.68. The number of likely N-dealkylation sites (tertiary alicyclic amines) is 1. The normalized spacial score (nSPS) is 20.3. The van der Waals surface area contributed by atoms with Crippen LogP contribution in [0.3, 0.4) is 0 Å². The van der Waals surface area contributed by atoms with Crippen molar-refractivity contribution >= 4 is 11.9 Å². The Morgan fingerprint density at radius 3 is 2.54 bits per heavy atom. The fourth-order valence-electron chi connectivity index (χ4n) is 2.90. The molecule has 7 heteroatoms. The number of hydrogen-bond donors (Lipinski definition) is 1. The topological polar surface area (TPSA) is 84.7 Å². The number of nitrogens with zero attached hydrogens (tertiary/aromatic N) is 3. The molecule has 3 rings (SSSR count). The Morgan fingerprint density at radius 2 is 2.00 bits per heavy atom. The van der Waals surface area contributed by atoms with E-state index in [1.807, 2.05) is 13.1 Å². The van der Waals surface area contributed by atoms with Crippen LogP contribution in [0.4, 0.5) is 0 Å². The van der Waals surface area contributed by atoms with Crippen LogP contribution in [0, 0.1) is 6.92 Å². The van der Waals surface area contributed by atoms with Gasteiger partial charge in [0, 0.05) is 31.8 Å². The number of ether oxygens (including phenoxy) is 1. The van der Waals surface area contributed by atoms with Crippen molar-refractivity contribution in [2.24, 2.45) is 0 Å². The Hall–Kier alpha value is -2.67. The highest BCUT2D eigenvalue weighted by molar-refractivity contribution is 5.97. The number of aromatic nitrogens is 2. The third-order valence-electron chi connectivity index (χ3n) is 4.23. The van der Waals surface area contributed by atoms with Crippen LogP contribution in [0.5, 0.6) is 0 Å². The van der Waals surface area contributed by atoms with E-state index < -0.39 is 12.0 Å². The number of aryl methyl sites for hydroxylation is 1. The summed E-state index contributed by atoms with van der Waals surface area (Å²) in [6.07, 6.45) is 3.70. The summed E-state index contributed by atoms with van der Waals surface area (Å²) in [5.74, 6) is -1.31. The first-order chi connectivity index (χ1) is 11.5. The minimum atomic E-state index is -1.01. The molecule has 126 valence electrons. The van der Waals surface area contributed by atoms with Gasteiger partial charge in [0.1, 0.15) is 6.04 Å². The number of benzene rings is 1. The molecule has 7 nitrogen and oxygen atoms in total. The second-order valence-electron chi connectivity index (χ2n) is 5.91. The number of carbonyl (C=O) groups is 2. The van der Waals surface area contributed by atoms with E-state index in [0.29, 0.717) is 12.0 Å². The molecule has 1 aromatic heterocycles. The van der Waals surface area contributed by atoms with E-state index in [2.05, 4.69) is 5.10 Å². The Kier molecular flexibility index (Phi) is 4.35. The second-order valence-corrected chi connectivity index (χ2v) is 5.91. The molecule has 1 aliphatic rings. The van der Waals surface area contributed by atoms with Crippen LogP contribution in [0.15, 0.2) is 36.7 Å². The van der Waals surface area contributed by atoms with Gasteiger partial charge < -0.3 is 14.7 Å². The van der Waals surface area contributed by atoms with Gasteiger partial charge in [0.25, 0.3) is 5.91 Å². The fraction of sp³-hybridized carbons (Fsp3) is 0.353. The minimum absolute atomic E-state index is 0.249. The van der Waals surface area contributed by atoms with Gasteiger partial charge in [-0.2, -0.15) is 5.10 Å². The van der Waals surface area contributed by atoms with Gasteiger partial charge in [-0.05, 0) is 36.8 Å². The van der Waals surface area contributed by atoms with Gasteiger partial charge in [-0.1, -0.05) is 0 Å². The number of hydrogen-bond acceptors (Lipinski definition) is 4. The first-order valence-corrected chi connectivity index (χ1v) is 7.68. The van der Waals surface area contributed by atoms with E-state index >= 15 is 0 Å². The summed E-state index contributed by atoms with van der Waals surface area (Å²) in [5, 5.41) is 13.5. The van der Waals surface area contributed by atoms with Crippen LogP contribution < -0.4 is 0 Å². The van der Waals surface area contributed by atoms with Crippen molar-refractivity contribution in [2.75, 3.05) is 13.7 Å². The number of amides is 1. The molecule has 2 atom stereocenters. The number of rotatable bonds is 4. The van der Waals surface area contributed by atoms with E-state index in [1.165, 1.54) is 12.0 Å². The van der Waals surface area contributed by atoms with Crippen LogP contribution in [0.25, 0.3) is 5.69 Å². The molecular formula is C17H19N3O4. The zero-order chi connectivity index (χ0) is 17.3. The Balaban J connectivity index is 1.80. The summed E-state index contributed by atoms with van der Waals surface area (Å²) in [7, 11) is 1.53. The highest BCUT2D eigenvalue weighted by Gasteiger charge is 2.40. The lowest BCUT2D eigenvalue weighted by atomic mass is 10.1. The molecule has 0 saturated carbocycles. The predicted octanol–water partition coefficient (Wildman–Crippen LogP) is 1.49. The predicted molar refractivity (Wildman–Crippen MR) is 86.2 cm³/mol. The zero-order valence-electron chi connectivity index (χ0n) is 13.5. The molecule has 1 fully saturated rings. The monoisotopic (exact) mass is 329 g/mol. The molecule has 2 unspecified atom stereocenters. The molecule has 24 heavy (non-hydrogen) atoms. The van der Waals surface area contributed by atoms with E-state index in [0.717, 1.165) is 11.3 Å². The SMILES string of the molecule is COC1CC(C(=O)O)N(C(=O)c2ccc(-n3cc(C)cn3)cc2)C1. The molecule has 1 aromatic carbocycles. The summed E-state index contributed by atoms with van der Waals surface area (Å²) >= 11 is 0. The average Bonchev–Trinajstić information content (AvgIpc) is 3.20. The Bertz CT molecular complexity index is 753. The number of carboxylic acid groups (broad SMARTS) is 1. The van der Waals surface area contributed by atoms with E-state index in [-0.39, 0.29) is 18.6 Å². The Morgan fingerprint density at radius 1 is 1.29 bits per heavy atom. The van der Waals surface area contributed by atoms with Gasteiger partial charge in [-0.25, -0.2) is 9.48 Å². The van der Waals surface area contributed by atoms with Gasteiger partial charge in [0.2, 0.25) is 0 Å². The molecule has 1 saturated heterocycles. The van der Waals surface area contributed by atoms with Crippen LogP contribution in [-0.2, 0) is 9.53 Å². The number of methoxy groups -OCH3 is 1. The average molecular weight is 329 g/mol. The molecule has 1 aliphatic heterocycles. The summed E-state index contributed by atoms with van der Waals surface area (Å²) in [5.41, 5.74) is 2.33. The molecule has 0 aliphatic carbocycles. The molecule has 1 N–H and O–H groups in total. The highest BCUT2D eigenvalue weighted by Crippen LogP contribution is 2.23. The first kappa shape index (κ1) is 16.2. The Labute approximate surface area is 139 Å². The molecule has 0 radical (unpaired) electrons. The quantitative estimate of drug-likeness (QED) is 0.919. The third kappa shape index (κ3) is 3.03. The van der Waals surface area contributed by atoms with E-state index in [1.54, 1.807) is 35.1 Å². The minimum Gasteiger partial charge on any atom is -0.480 e. The van der Waals surface area contributed by atoms with Crippen molar-refractivity contribution in [1.82, 2.24) is 14.7 Å². The number of carbonyl (C=O) groups excluding carboxylic acids is 1. The maximum absolute atomic E-state index is 12.7. The van der Waals surface area contributed by atoms with Crippen LogP contribution in [-0.4, -0.2) is 57.5 Å². The third-order valence-corrected chi connectivity index (χ3v) is 4.23. The van der Waals surface area contributed by atoms with Crippen molar-refractivity contribution in [3.8, 4) is 5.69 Å². The summed E-state index contributed by atoms with van der Waals surface area (Å²) in [6, 6.07) is 6.11. The molecular weight excluding hydrogens is 310 g/mol. The van der Waals surface area contributed by atoms with Crippen molar-refractivity contribution in [2.45, 2.75) is 25.5 Å². The maximum atomic E-state index is 12.7. The van der Waals surface area contributed by atoms with E-state index in [9.17, 15) is 14.7 Å². The van der Waals surface area contributed by atoms with Gasteiger partial charge in [-0.15, -0.1) is 0 Å². The van der Waals surface area contributed by atoms with Gasteiger partial charge in [0.15, 0.2) is 0 Å². The fourth-order valence-corrected chi connectivity index (χ4v) is 2.90. The van der Waals surface area contributed by atoms with Crippen LogP contribution >= 0.6 is 0 Å². The highest BCUT2D eigenvalue weighted by atomic mass is 16.5. The van der Waals surface area contributed by atoms with Gasteiger partial charge in [0.05, 0.1) is 18.0 Å². The molecule has 0 spiro atoms. The lowest BCUT2D eigenvalue weighted by Crippen LogP contribution is -2.40.